The summed E-state index contributed by atoms with van der Waals surface area (Å²) in [5.74, 6) is 0.882. The molecule has 1 aliphatic heterocycles. The molecule has 0 aromatic carbocycles. The molecular formula is C18H30N2O3. The van der Waals surface area contributed by atoms with Crippen molar-refractivity contribution in [2.75, 3.05) is 6.61 Å². The van der Waals surface area contributed by atoms with E-state index in [-0.39, 0.29) is 23.8 Å². The van der Waals surface area contributed by atoms with Crippen LogP contribution in [0.3, 0.4) is 0 Å². The summed E-state index contributed by atoms with van der Waals surface area (Å²) in [7, 11) is 0. The summed E-state index contributed by atoms with van der Waals surface area (Å²) < 4.78 is 6.13. The van der Waals surface area contributed by atoms with Gasteiger partial charge in [0.15, 0.2) is 0 Å². The lowest BCUT2D eigenvalue weighted by atomic mass is 9.83. The largest absolute Gasteiger partial charge is 0.353 e. The van der Waals surface area contributed by atoms with Crippen LogP contribution in [-0.4, -0.2) is 41.1 Å². The zero-order valence-electron chi connectivity index (χ0n) is 14.6. The molecule has 2 saturated carbocycles. The first-order valence-electron chi connectivity index (χ1n) is 9.24. The van der Waals surface area contributed by atoms with Crippen LogP contribution in [0.15, 0.2) is 0 Å². The summed E-state index contributed by atoms with van der Waals surface area (Å²) in [5, 5.41) is 3.03. The van der Waals surface area contributed by atoms with Crippen LogP contribution >= 0.6 is 0 Å². The minimum Gasteiger partial charge on any atom is -0.353 e. The maximum Gasteiger partial charge on any atom is 0.245 e. The van der Waals surface area contributed by atoms with Crippen LogP contribution in [0.1, 0.15) is 65.7 Å². The van der Waals surface area contributed by atoms with Crippen LogP contribution in [0.5, 0.6) is 0 Å². The molecule has 5 heteroatoms. The highest BCUT2D eigenvalue weighted by molar-refractivity contribution is 5.90. The predicted octanol–water partition coefficient (Wildman–Crippen LogP) is 2.44. The van der Waals surface area contributed by atoms with Crippen LogP contribution in [0, 0.1) is 11.8 Å². The monoisotopic (exact) mass is 322 g/mol. The van der Waals surface area contributed by atoms with Gasteiger partial charge < -0.3 is 10.1 Å². The van der Waals surface area contributed by atoms with Gasteiger partial charge in [0.1, 0.15) is 11.8 Å². The normalized spacial score (nSPS) is 35.3. The van der Waals surface area contributed by atoms with Gasteiger partial charge in [0.2, 0.25) is 11.8 Å². The zero-order chi connectivity index (χ0) is 16.6. The van der Waals surface area contributed by atoms with Crippen LogP contribution in [0.2, 0.25) is 0 Å². The molecular weight excluding hydrogens is 292 g/mol. The molecule has 0 bridgehead atoms. The van der Waals surface area contributed by atoms with Crippen molar-refractivity contribution in [3.8, 4) is 0 Å². The highest BCUT2D eigenvalue weighted by atomic mass is 16.5. The van der Waals surface area contributed by atoms with E-state index in [4.69, 9.17) is 4.74 Å². The third-order valence-corrected chi connectivity index (χ3v) is 5.78. The first-order valence-corrected chi connectivity index (χ1v) is 9.24. The van der Waals surface area contributed by atoms with Crippen LogP contribution in [-0.2, 0) is 14.3 Å². The van der Waals surface area contributed by atoms with Crippen molar-refractivity contribution in [1.82, 2.24) is 10.2 Å². The average Bonchev–Trinajstić information content (AvgIpc) is 3.32. The van der Waals surface area contributed by atoms with Gasteiger partial charge in [0.25, 0.3) is 0 Å². The number of hydrogen-bond acceptors (Lipinski definition) is 3. The van der Waals surface area contributed by atoms with Crippen LogP contribution in [0.25, 0.3) is 0 Å². The van der Waals surface area contributed by atoms with Gasteiger partial charge in [-0.05, 0) is 57.8 Å². The second kappa shape index (κ2) is 6.42. The van der Waals surface area contributed by atoms with E-state index in [1.165, 1.54) is 0 Å². The molecule has 0 aromatic rings. The van der Waals surface area contributed by atoms with Gasteiger partial charge in [-0.3, -0.25) is 14.5 Å². The van der Waals surface area contributed by atoms with Gasteiger partial charge in [-0.15, -0.1) is 0 Å². The fourth-order valence-corrected chi connectivity index (χ4v) is 3.78. The Bertz CT molecular complexity index is 467. The molecule has 5 nitrogen and oxygen atoms in total. The van der Waals surface area contributed by atoms with Crippen LogP contribution in [0.4, 0.5) is 0 Å². The Morgan fingerprint density at radius 1 is 1.26 bits per heavy atom. The van der Waals surface area contributed by atoms with E-state index < -0.39 is 11.8 Å². The molecule has 0 radical (unpaired) electrons. The standard InChI is InChI=1S/C18H30N2O3/c1-4-13(3)19-16(21)15-11-23-18(9-7-12(2)8-10-18)20(15)17(22)14-5-6-14/h12-15H,4-11H2,1-3H3,(H,19,21)/t12?,13-,15+,18?/m1/s1. The number of hydrogen-bond donors (Lipinski definition) is 1. The molecule has 3 aliphatic rings. The van der Waals surface area contributed by atoms with E-state index >= 15 is 0 Å². The van der Waals surface area contributed by atoms with E-state index in [1.54, 1.807) is 0 Å². The summed E-state index contributed by atoms with van der Waals surface area (Å²) in [4.78, 5) is 27.4. The molecule has 23 heavy (non-hydrogen) atoms. The third-order valence-electron chi connectivity index (χ3n) is 5.78. The molecule has 3 fully saturated rings. The first-order chi connectivity index (χ1) is 11.0. The first kappa shape index (κ1) is 16.7. The van der Waals surface area contributed by atoms with Crippen molar-refractivity contribution in [3.63, 3.8) is 0 Å². The summed E-state index contributed by atoms with van der Waals surface area (Å²) in [6.07, 6.45) is 6.66. The molecule has 2 atom stereocenters. The minimum atomic E-state index is -0.524. The smallest absolute Gasteiger partial charge is 0.245 e. The number of nitrogens with zero attached hydrogens (tertiary/aromatic N) is 1. The zero-order valence-corrected chi connectivity index (χ0v) is 14.6. The molecule has 1 saturated heterocycles. The maximum absolute atomic E-state index is 12.9. The second-order valence-corrected chi connectivity index (χ2v) is 7.76. The molecule has 1 N–H and O–H groups in total. The quantitative estimate of drug-likeness (QED) is 0.865. The fourth-order valence-electron chi connectivity index (χ4n) is 3.78. The van der Waals surface area contributed by atoms with Gasteiger partial charge in [-0.25, -0.2) is 0 Å². The van der Waals surface area contributed by atoms with E-state index in [9.17, 15) is 9.59 Å². The third kappa shape index (κ3) is 3.25. The van der Waals surface area contributed by atoms with Crippen molar-refractivity contribution in [2.45, 2.75) is 83.5 Å². The van der Waals surface area contributed by atoms with E-state index in [0.717, 1.165) is 44.9 Å². The number of carbonyl (C=O) groups excluding carboxylic acids is 2. The van der Waals surface area contributed by atoms with Crippen molar-refractivity contribution in [2.24, 2.45) is 11.8 Å². The SMILES string of the molecule is CC[C@@H](C)NC(=O)[C@@H]1COC2(CCC(C)CC2)N1C(=O)C1CC1. The summed E-state index contributed by atoms with van der Waals surface area (Å²) in [6, 6.07) is -0.325. The molecule has 0 aromatic heterocycles. The molecule has 2 aliphatic carbocycles. The van der Waals surface area contributed by atoms with Crippen molar-refractivity contribution in [3.05, 3.63) is 0 Å². The lowest BCUT2D eigenvalue weighted by Crippen LogP contribution is -2.57. The van der Waals surface area contributed by atoms with E-state index in [1.807, 2.05) is 18.7 Å². The van der Waals surface area contributed by atoms with E-state index in [2.05, 4.69) is 12.2 Å². The van der Waals surface area contributed by atoms with Gasteiger partial charge in [0, 0.05) is 12.0 Å². The molecule has 130 valence electrons. The Labute approximate surface area is 139 Å². The molecule has 3 rings (SSSR count). The predicted molar refractivity (Wildman–Crippen MR) is 87.6 cm³/mol. The molecule has 0 unspecified atom stereocenters. The number of amides is 2. The van der Waals surface area contributed by atoms with Gasteiger partial charge >= 0.3 is 0 Å². The second-order valence-electron chi connectivity index (χ2n) is 7.76. The van der Waals surface area contributed by atoms with Gasteiger partial charge in [-0.2, -0.15) is 0 Å². The average molecular weight is 322 g/mol. The number of carbonyl (C=O) groups is 2. The Kier molecular flexibility index (Phi) is 4.68. The lowest BCUT2D eigenvalue weighted by Gasteiger charge is -2.43. The Hall–Kier alpha value is -1.10. The molecule has 1 heterocycles. The summed E-state index contributed by atoms with van der Waals surface area (Å²) >= 11 is 0. The lowest BCUT2D eigenvalue weighted by molar-refractivity contribution is -0.162. The topological polar surface area (TPSA) is 58.6 Å². The minimum absolute atomic E-state index is 0.0520. The van der Waals surface area contributed by atoms with Crippen molar-refractivity contribution in [1.29, 1.82) is 0 Å². The number of rotatable bonds is 4. The number of nitrogens with one attached hydrogen (secondary N) is 1. The molecule has 2 amide bonds. The van der Waals surface area contributed by atoms with E-state index in [0.29, 0.717) is 12.5 Å². The Balaban J connectivity index is 1.79. The highest BCUT2D eigenvalue weighted by Gasteiger charge is 2.55. The van der Waals surface area contributed by atoms with Crippen molar-refractivity contribution >= 4 is 11.8 Å². The molecule has 1 spiro atoms. The van der Waals surface area contributed by atoms with Gasteiger partial charge in [-0.1, -0.05) is 13.8 Å². The Morgan fingerprint density at radius 2 is 1.91 bits per heavy atom. The van der Waals surface area contributed by atoms with Gasteiger partial charge in [0.05, 0.1) is 6.61 Å². The number of ether oxygens (including phenoxy) is 1. The van der Waals surface area contributed by atoms with Crippen molar-refractivity contribution < 1.29 is 14.3 Å². The summed E-state index contributed by atoms with van der Waals surface area (Å²) in [5.41, 5.74) is -0.524. The fraction of sp³-hybridized carbons (Fsp3) is 0.889. The highest BCUT2D eigenvalue weighted by Crippen LogP contribution is 2.45. The maximum atomic E-state index is 12.9. The van der Waals surface area contributed by atoms with Crippen LogP contribution < -0.4 is 5.32 Å². The summed E-state index contributed by atoms with van der Waals surface area (Å²) in [6.45, 7) is 6.64. The Morgan fingerprint density at radius 3 is 2.48 bits per heavy atom.